The fourth-order valence-corrected chi connectivity index (χ4v) is 7.06. The molecule has 262 valence electrons. The zero-order valence-corrected chi connectivity index (χ0v) is 34.1. The molecule has 7 aromatic rings. The average molecular weight is 786 g/mol. The summed E-state index contributed by atoms with van der Waals surface area (Å²) in [6, 6.07) is 67.6. The minimum Gasteiger partial charge on any atom is -0.460 e. The Labute approximate surface area is 339 Å². The molecule has 0 spiro atoms. The van der Waals surface area contributed by atoms with Gasteiger partial charge in [-0.1, -0.05) is 133 Å². The van der Waals surface area contributed by atoms with Gasteiger partial charge in [0.05, 0.1) is 0 Å². The van der Waals surface area contributed by atoms with E-state index in [4.69, 9.17) is 10.3 Å². The van der Waals surface area contributed by atoms with Crippen molar-refractivity contribution in [2.24, 2.45) is 4.99 Å². The van der Waals surface area contributed by atoms with Crippen molar-refractivity contribution in [3.05, 3.63) is 260 Å². The molecule has 0 saturated carbocycles. The van der Waals surface area contributed by atoms with E-state index in [-0.39, 0.29) is 26.2 Å². The van der Waals surface area contributed by atoms with Crippen molar-refractivity contribution in [3.8, 4) is 0 Å². The molecule has 53 heavy (non-hydrogen) atoms. The fourth-order valence-electron chi connectivity index (χ4n) is 4.95. The van der Waals surface area contributed by atoms with E-state index in [0.29, 0.717) is 6.54 Å². The number of nitrogens with zero attached hydrogens (tertiary/aromatic N) is 2. The molecule has 0 N–H and O–H groups in total. The molecule has 0 saturated heterocycles. The van der Waals surface area contributed by atoms with Gasteiger partial charge in [-0.15, -0.1) is 36.4 Å². The summed E-state index contributed by atoms with van der Waals surface area (Å²) in [5.41, 5.74) is 8.66. The van der Waals surface area contributed by atoms with Crippen LogP contribution in [0.15, 0.2) is 205 Å². The minimum absolute atomic E-state index is 0. The molecule has 0 aliphatic rings. The van der Waals surface area contributed by atoms with E-state index >= 15 is 0 Å². The molecule has 0 atom stereocenters. The number of aryl methyl sites for hydroxylation is 2. The Hall–Kier alpha value is -5.07. The van der Waals surface area contributed by atoms with Crippen LogP contribution >= 0.6 is 7.92 Å². The topological polar surface area (TPSA) is 26.5 Å². The first kappa shape index (κ1) is 42.3. The van der Waals surface area contributed by atoms with E-state index < -0.39 is 7.92 Å². The Kier molecular flexibility index (Phi) is 19.4. The van der Waals surface area contributed by atoms with Crippen molar-refractivity contribution in [1.82, 2.24) is 0 Å². The predicted octanol–water partition coefficient (Wildman–Crippen LogP) is 12.6. The number of amidine groups is 1. The molecule has 0 heterocycles. The third kappa shape index (κ3) is 15.6. The number of hydrogen-bond acceptors (Lipinski definition) is 1. The zero-order chi connectivity index (χ0) is 36.8. The molecule has 0 fully saturated rings. The molecule has 2 nitrogen and oxygen atoms in total. The van der Waals surface area contributed by atoms with Gasteiger partial charge in [0.15, 0.2) is 0 Å². The van der Waals surface area contributed by atoms with Crippen molar-refractivity contribution < 1.29 is 26.2 Å². The Morgan fingerprint density at radius 1 is 0.453 bits per heavy atom. The fraction of sp³-hybridized carbons (Fsp3) is 0.0612. The standard InChI is InChI=1S/C28H26N2P.3C7H7.Zr/c1-22-13-12-14-23(2)27(22)30-28(29-21-24-15-6-3-7-16-24)31(25-17-8-4-9-18-25)26-19-10-5-11-20-26;3*1-7-5-3-2-4-6-7;/h3-20H,21H2,1-2H3;3*2-6H,1H2;/q4*-1;+4. The molecule has 0 unspecified atom stereocenters. The maximum Gasteiger partial charge on any atom is 4.00 e. The molecule has 0 amide bonds. The van der Waals surface area contributed by atoms with Crippen LogP contribution in [0.25, 0.3) is 5.32 Å². The summed E-state index contributed by atoms with van der Waals surface area (Å²) < 4.78 is 0. The molecule has 4 heteroatoms. The van der Waals surface area contributed by atoms with Crippen LogP contribution in [0.2, 0.25) is 0 Å². The second-order valence-corrected chi connectivity index (χ2v) is 14.0. The summed E-state index contributed by atoms with van der Waals surface area (Å²) in [4.78, 5) is 5.20. The average Bonchev–Trinajstić information content (AvgIpc) is 3.18. The summed E-state index contributed by atoms with van der Waals surface area (Å²) in [7, 11) is -0.876. The molecule has 0 radical (unpaired) electrons. The van der Waals surface area contributed by atoms with Crippen LogP contribution < -0.4 is 10.6 Å². The van der Waals surface area contributed by atoms with E-state index in [9.17, 15) is 0 Å². The zero-order valence-electron chi connectivity index (χ0n) is 30.7. The molecule has 0 aromatic heterocycles. The Morgan fingerprint density at radius 2 is 0.774 bits per heavy atom. The van der Waals surface area contributed by atoms with E-state index in [1.807, 2.05) is 97.1 Å². The van der Waals surface area contributed by atoms with Crippen LogP contribution in [-0.4, -0.2) is 5.58 Å². The van der Waals surface area contributed by atoms with Crippen molar-refractivity contribution in [3.63, 3.8) is 0 Å². The van der Waals surface area contributed by atoms with Gasteiger partial charge in [0, 0.05) is 0 Å². The van der Waals surface area contributed by atoms with Crippen molar-refractivity contribution in [2.75, 3.05) is 0 Å². The molecule has 0 aliphatic carbocycles. The molecule has 0 bridgehead atoms. The van der Waals surface area contributed by atoms with Gasteiger partial charge in [-0.2, -0.15) is 73.9 Å². The molecule has 7 aromatic carbocycles. The van der Waals surface area contributed by atoms with Gasteiger partial charge in [-0.3, -0.25) is 0 Å². The Bertz CT molecular complexity index is 1850. The second-order valence-electron chi connectivity index (χ2n) is 11.9. The summed E-state index contributed by atoms with van der Waals surface area (Å²) in [5, 5.41) is 7.61. The molecule has 0 aliphatic heterocycles. The van der Waals surface area contributed by atoms with Gasteiger partial charge < -0.3 is 10.3 Å². The summed E-state index contributed by atoms with van der Waals surface area (Å²) >= 11 is 0. The first-order valence-corrected chi connectivity index (χ1v) is 18.6. The third-order valence-electron chi connectivity index (χ3n) is 7.65. The normalized spacial score (nSPS) is 10.1. The van der Waals surface area contributed by atoms with Crippen molar-refractivity contribution in [2.45, 2.75) is 20.4 Å². The second kappa shape index (κ2) is 24.2. The number of rotatable bonds is 6. The first-order chi connectivity index (χ1) is 25.4. The molecule has 7 rings (SSSR count). The summed E-state index contributed by atoms with van der Waals surface area (Å²) in [6.45, 7) is 16.0. The monoisotopic (exact) mass is 784 g/mol. The van der Waals surface area contributed by atoms with Gasteiger partial charge in [0.1, 0.15) is 0 Å². The van der Waals surface area contributed by atoms with Crippen LogP contribution in [-0.2, 0) is 32.7 Å². The van der Waals surface area contributed by atoms with Gasteiger partial charge >= 0.3 is 26.2 Å². The number of hydrogen-bond donors (Lipinski definition) is 0. The quantitative estimate of drug-likeness (QED) is 0.0695. The Morgan fingerprint density at radius 3 is 1.09 bits per heavy atom. The number of benzene rings is 7. The van der Waals surface area contributed by atoms with Crippen LogP contribution in [0.4, 0.5) is 5.69 Å². The predicted molar refractivity (Wildman–Crippen MR) is 228 cm³/mol. The van der Waals surface area contributed by atoms with Crippen molar-refractivity contribution >= 4 is 29.8 Å². The largest absolute Gasteiger partial charge is 4.00 e. The minimum atomic E-state index is -0.876. The number of para-hydroxylation sites is 1. The van der Waals surface area contributed by atoms with Crippen LogP contribution in [0, 0.1) is 34.6 Å². The smallest absolute Gasteiger partial charge is 0.460 e. The number of aliphatic imine (C=N–C) groups is 1. The van der Waals surface area contributed by atoms with Gasteiger partial charge in [0.2, 0.25) is 0 Å². The maximum atomic E-state index is 5.20. The van der Waals surface area contributed by atoms with Crippen LogP contribution in [0.5, 0.6) is 0 Å². The van der Waals surface area contributed by atoms with Crippen LogP contribution in [0.3, 0.4) is 0 Å². The van der Waals surface area contributed by atoms with E-state index in [0.717, 1.165) is 28.0 Å². The van der Waals surface area contributed by atoms with Crippen molar-refractivity contribution in [1.29, 1.82) is 0 Å². The third-order valence-corrected chi connectivity index (χ3v) is 9.92. The van der Waals surface area contributed by atoms with Gasteiger partial charge in [-0.25, -0.2) is 0 Å². The summed E-state index contributed by atoms with van der Waals surface area (Å²) in [6.07, 6.45) is 0. The van der Waals surface area contributed by atoms with Gasteiger partial charge in [-0.05, 0) is 61.3 Å². The summed E-state index contributed by atoms with van der Waals surface area (Å²) in [5.74, 6) is 0. The Balaban J connectivity index is 0.000000275. The van der Waals surface area contributed by atoms with Crippen LogP contribution in [0.1, 0.15) is 33.4 Å². The maximum absolute atomic E-state index is 5.20. The molecular formula is C49H47N2PZr. The van der Waals surface area contributed by atoms with E-state index in [2.05, 4.69) is 138 Å². The molecular weight excluding hydrogens is 739 g/mol. The van der Waals surface area contributed by atoms with Gasteiger partial charge in [0.25, 0.3) is 0 Å². The first-order valence-electron chi connectivity index (χ1n) is 17.3. The van der Waals surface area contributed by atoms with E-state index in [1.165, 1.54) is 27.3 Å². The van der Waals surface area contributed by atoms with E-state index in [1.54, 1.807) is 0 Å². The SMILES string of the molecule is Cc1cccc(C)c1N=C([N-]Cc1ccccc1)P(c1ccccc1)c1ccccc1.[CH2-]c1ccccc1.[CH2-]c1ccccc1.[CH2-]c1ccccc1.[Zr+4].